The lowest BCUT2D eigenvalue weighted by Crippen LogP contribution is -2.24. The zero-order valence-corrected chi connectivity index (χ0v) is 17.3. The van der Waals surface area contributed by atoms with Crippen molar-refractivity contribution in [3.63, 3.8) is 0 Å². The first-order chi connectivity index (χ1) is 15.2. The molecule has 0 aliphatic heterocycles. The van der Waals surface area contributed by atoms with Gasteiger partial charge in [-0.2, -0.15) is 5.26 Å². The van der Waals surface area contributed by atoms with Gasteiger partial charge in [0.1, 0.15) is 5.82 Å². The molecule has 3 nitrogen and oxygen atoms in total. The Balaban J connectivity index is 1.57. The molecule has 0 atom stereocenters. The summed E-state index contributed by atoms with van der Waals surface area (Å²) in [6.45, 7) is 2.71. The van der Waals surface area contributed by atoms with Crippen LogP contribution in [0.4, 0.5) is 4.39 Å². The highest BCUT2D eigenvalue weighted by molar-refractivity contribution is 5.33. The van der Waals surface area contributed by atoms with Crippen LogP contribution in [-0.2, 0) is 26.2 Å². The van der Waals surface area contributed by atoms with Crippen LogP contribution in [0.1, 0.15) is 27.9 Å². The molecule has 0 radical (unpaired) electrons. The zero-order valence-electron chi connectivity index (χ0n) is 17.3. The smallest absolute Gasteiger partial charge is 0.128 e. The Bertz CT molecular complexity index is 1170. The van der Waals surface area contributed by atoms with Crippen LogP contribution in [0.2, 0.25) is 0 Å². The van der Waals surface area contributed by atoms with E-state index < -0.39 is 0 Å². The number of hydrogen-bond acceptors (Lipinski definition) is 2. The fraction of sp³-hybridized carbons (Fsp3) is 0.148. The maximum atomic E-state index is 14.2. The molecule has 0 unspecified atom stereocenters. The van der Waals surface area contributed by atoms with Crippen LogP contribution in [0, 0.1) is 17.1 Å². The van der Waals surface area contributed by atoms with E-state index in [0.29, 0.717) is 24.2 Å². The van der Waals surface area contributed by atoms with Gasteiger partial charge in [-0.15, -0.1) is 0 Å². The lowest BCUT2D eigenvalue weighted by molar-refractivity contribution is 0.241. The molecule has 4 heteroatoms. The van der Waals surface area contributed by atoms with Crippen molar-refractivity contribution in [1.82, 2.24) is 9.47 Å². The van der Waals surface area contributed by atoms with E-state index in [-0.39, 0.29) is 5.82 Å². The highest BCUT2D eigenvalue weighted by Crippen LogP contribution is 2.17. The molecule has 0 aliphatic carbocycles. The molecule has 3 aromatic carbocycles. The van der Waals surface area contributed by atoms with E-state index in [2.05, 4.69) is 39.8 Å². The van der Waals surface area contributed by atoms with Crippen LogP contribution in [-0.4, -0.2) is 9.47 Å². The molecule has 31 heavy (non-hydrogen) atoms. The molecule has 1 heterocycles. The topological polar surface area (TPSA) is 32.0 Å². The van der Waals surface area contributed by atoms with E-state index in [1.165, 1.54) is 11.6 Å². The molecule has 0 amide bonds. The van der Waals surface area contributed by atoms with Crippen LogP contribution in [0.5, 0.6) is 0 Å². The van der Waals surface area contributed by atoms with E-state index >= 15 is 0 Å². The Labute approximate surface area is 182 Å². The average Bonchev–Trinajstić information content (AvgIpc) is 3.22. The van der Waals surface area contributed by atoms with Gasteiger partial charge in [-0.05, 0) is 41.5 Å². The second kappa shape index (κ2) is 9.88. The molecule has 4 aromatic rings. The van der Waals surface area contributed by atoms with Gasteiger partial charge in [-0.25, -0.2) is 4.39 Å². The number of nitriles is 1. The van der Waals surface area contributed by atoms with E-state index in [9.17, 15) is 9.65 Å². The molecule has 0 saturated carbocycles. The maximum absolute atomic E-state index is 14.2. The molecule has 0 N–H and O–H groups in total. The van der Waals surface area contributed by atoms with Crippen molar-refractivity contribution in [3.8, 4) is 6.07 Å². The van der Waals surface area contributed by atoms with Gasteiger partial charge in [0.05, 0.1) is 18.2 Å². The molecule has 0 spiro atoms. The third kappa shape index (κ3) is 5.48. The molecule has 154 valence electrons. The molecular weight excluding hydrogens is 385 g/mol. The SMILES string of the molecule is N#Cc1cccc(CN(Cc2ccccc2)Cc2cccn2Cc2ccccc2F)c1. The molecule has 0 fully saturated rings. The number of nitrogens with zero attached hydrogens (tertiary/aromatic N) is 3. The summed E-state index contributed by atoms with van der Waals surface area (Å²) in [5.41, 5.74) is 4.79. The summed E-state index contributed by atoms with van der Waals surface area (Å²) in [5, 5.41) is 9.24. The largest absolute Gasteiger partial charge is 0.346 e. The van der Waals surface area contributed by atoms with Gasteiger partial charge >= 0.3 is 0 Å². The quantitative estimate of drug-likeness (QED) is 0.371. The number of hydrogen-bond donors (Lipinski definition) is 0. The summed E-state index contributed by atoms with van der Waals surface area (Å²) in [5.74, 6) is -0.184. The first-order valence-corrected chi connectivity index (χ1v) is 10.3. The number of aromatic nitrogens is 1. The van der Waals surface area contributed by atoms with Gasteiger partial charge in [-0.1, -0.05) is 60.7 Å². The molecule has 0 bridgehead atoms. The fourth-order valence-corrected chi connectivity index (χ4v) is 3.79. The zero-order chi connectivity index (χ0) is 21.5. The second-order valence-corrected chi connectivity index (χ2v) is 7.66. The third-order valence-electron chi connectivity index (χ3n) is 5.32. The Morgan fingerprint density at radius 1 is 0.774 bits per heavy atom. The van der Waals surface area contributed by atoms with E-state index in [1.54, 1.807) is 6.07 Å². The normalized spacial score (nSPS) is 10.9. The first-order valence-electron chi connectivity index (χ1n) is 10.3. The van der Waals surface area contributed by atoms with Crippen LogP contribution < -0.4 is 0 Å². The lowest BCUT2D eigenvalue weighted by atomic mass is 10.1. The third-order valence-corrected chi connectivity index (χ3v) is 5.32. The maximum Gasteiger partial charge on any atom is 0.128 e. The van der Waals surface area contributed by atoms with E-state index in [4.69, 9.17) is 0 Å². The van der Waals surface area contributed by atoms with Crippen LogP contribution in [0.3, 0.4) is 0 Å². The van der Waals surface area contributed by atoms with Crippen molar-refractivity contribution < 1.29 is 4.39 Å². The summed E-state index contributed by atoms with van der Waals surface area (Å²) in [6, 6.07) is 31.3. The average molecular weight is 410 g/mol. The van der Waals surface area contributed by atoms with Crippen molar-refractivity contribution in [1.29, 1.82) is 5.26 Å². The van der Waals surface area contributed by atoms with Crippen molar-refractivity contribution in [2.24, 2.45) is 0 Å². The number of halogens is 1. The van der Waals surface area contributed by atoms with Gasteiger partial charge in [0, 0.05) is 37.1 Å². The first kappa shape index (κ1) is 20.6. The number of benzene rings is 3. The molecular formula is C27H24FN3. The van der Waals surface area contributed by atoms with Crippen molar-refractivity contribution >= 4 is 0 Å². The Hall–Kier alpha value is -3.68. The minimum Gasteiger partial charge on any atom is -0.346 e. The van der Waals surface area contributed by atoms with E-state index in [1.807, 2.05) is 60.8 Å². The van der Waals surface area contributed by atoms with Crippen LogP contribution in [0.25, 0.3) is 0 Å². The van der Waals surface area contributed by atoms with Gasteiger partial charge < -0.3 is 4.57 Å². The summed E-state index contributed by atoms with van der Waals surface area (Å²) >= 11 is 0. The van der Waals surface area contributed by atoms with Gasteiger partial charge in [-0.3, -0.25) is 4.90 Å². The van der Waals surface area contributed by atoms with E-state index in [0.717, 1.165) is 24.3 Å². The summed E-state index contributed by atoms with van der Waals surface area (Å²) in [7, 11) is 0. The molecule has 0 aliphatic rings. The molecule has 0 saturated heterocycles. The van der Waals surface area contributed by atoms with Crippen molar-refractivity contribution in [2.45, 2.75) is 26.2 Å². The van der Waals surface area contributed by atoms with Crippen LogP contribution in [0.15, 0.2) is 97.2 Å². The van der Waals surface area contributed by atoms with Gasteiger partial charge in [0.2, 0.25) is 0 Å². The Morgan fingerprint density at radius 2 is 1.52 bits per heavy atom. The minimum absolute atomic E-state index is 0.184. The summed E-state index contributed by atoms with van der Waals surface area (Å²) in [6.07, 6.45) is 2.00. The second-order valence-electron chi connectivity index (χ2n) is 7.66. The lowest BCUT2D eigenvalue weighted by Gasteiger charge is -2.24. The van der Waals surface area contributed by atoms with Gasteiger partial charge in [0.25, 0.3) is 0 Å². The Kier molecular flexibility index (Phi) is 6.56. The van der Waals surface area contributed by atoms with Crippen LogP contribution >= 0.6 is 0 Å². The van der Waals surface area contributed by atoms with Gasteiger partial charge in [0.15, 0.2) is 0 Å². The number of rotatable bonds is 8. The summed E-state index contributed by atoms with van der Waals surface area (Å²) in [4.78, 5) is 2.35. The highest BCUT2D eigenvalue weighted by Gasteiger charge is 2.12. The minimum atomic E-state index is -0.184. The molecule has 1 aromatic heterocycles. The Morgan fingerprint density at radius 3 is 2.32 bits per heavy atom. The van der Waals surface area contributed by atoms with Crippen molar-refractivity contribution in [2.75, 3.05) is 0 Å². The predicted molar refractivity (Wildman–Crippen MR) is 120 cm³/mol. The predicted octanol–water partition coefficient (Wildman–Crippen LogP) is 5.75. The summed E-state index contributed by atoms with van der Waals surface area (Å²) < 4.78 is 16.3. The fourth-order valence-electron chi connectivity index (χ4n) is 3.79. The van der Waals surface area contributed by atoms with Crippen molar-refractivity contribution in [3.05, 3.63) is 131 Å². The molecule has 4 rings (SSSR count). The highest BCUT2D eigenvalue weighted by atomic mass is 19.1. The monoisotopic (exact) mass is 409 g/mol. The standard InChI is InChI=1S/C27H24FN3/c28-27-14-5-4-12-25(27)20-31-15-7-13-26(31)21-30(18-22-8-2-1-3-9-22)19-24-11-6-10-23(16-24)17-29/h1-16H,18-21H2.